The number of para-hydroxylation sites is 1. The van der Waals surface area contributed by atoms with Crippen molar-refractivity contribution in [3.63, 3.8) is 0 Å². The first kappa shape index (κ1) is 19.1. The molecular formula is C19H21ClN4O3. The summed E-state index contributed by atoms with van der Waals surface area (Å²) >= 11 is 6.05. The normalized spacial score (nSPS) is 14.8. The molecule has 0 spiro atoms. The Morgan fingerprint density at radius 1 is 1.15 bits per heavy atom. The number of carbonyl (C=O) groups is 3. The van der Waals surface area contributed by atoms with E-state index in [2.05, 4.69) is 10.3 Å². The van der Waals surface area contributed by atoms with E-state index in [4.69, 9.17) is 11.6 Å². The third-order valence-electron chi connectivity index (χ3n) is 4.49. The van der Waals surface area contributed by atoms with Crippen LogP contribution in [0.2, 0.25) is 5.02 Å². The van der Waals surface area contributed by atoms with Crippen molar-refractivity contribution in [3.05, 3.63) is 52.8 Å². The lowest BCUT2D eigenvalue weighted by Gasteiger charge is -2.34. The SMILES string of the molecule is CC(=O)c1c[nH]c(C(=O)N2CCN(CC(=O)Nc3ccccc3Cl)CC2)c1. The van der Waals surface area contributed by atoms with Gasteiger partial charge in [-0.3, -0.25) is 19.3 Å². The summed E-state index contributed by atoms with van der Waals surface area (Å²) in [5, 5.41) is 3.30. The Labute approximate surface area is 162 Å². The summed E-state index contributed by atoms with van der Waals surface area (Å²) in [7, 11) is 0. The van der Waals surface area contributed by atoms with E-state index in [1.165, 1.54) is 6.92 Å². The summed E-state index contributed by atoms with van der Waals surface area (Å²) in [5.74, 6) is -0.360. The number of amides is 2. The minimum Gasteiger partial charge on any atom is -0.356 e. The predicted molar refractivity (Wildman–Crippen MR) is 103 cm³/mol. The molecule has 27 heavy (non-hydrogen) atoms. The van der Waals surface area contributed by atoms with E-state index in [-0.39, 0.29) is 24.1 Å². The first-order valence-electron chi connectivity index (χ1n) is 8.69. The molecule has 0 radical (unpaired) electrons. The highest BCUT2D eigenvalue weighted by Crippen LogP contribution is 2.20. The number of benzene rings is 1. The molecule has 0 atom stereocenters. The second-order valence-electron chi connectivity index (χ2n) is 6.45. The second-order valence-corrected chi connectivity index (χ2v) is 6.86. The van der Waals surface area contributed by atoms with Crippen LogP contribution in [0.25, 0.3) is 0 Å². The molecule has 1 fully saturated rings. The van der Waals surface area contributed by atoms with Crippen LogP contribution >= 0.6 is 11.6 Å². The number of nitrogens with zero attached hydrogens (tertiary/aromatic N) is 2. The number of aromatic nitrogens is 1. The molecule has 0 unspecified atom stereocenters. The van der Waals surface area contributed by atoms with Gasteiger partial charge in [0.25, 0.3) is 5.91 Å². The number of anilines is 1. The van der Waals surface area contributed by atoms with Crippen LogP contribution in [0, 0.1) is 0 Å². The molecule has 1 aromatic heterocycles. The van der Waals surface area contributed by atoms with Crippen molar-refractivity contribution in [1.29, 1.82) is 0 Å². The first-order valence-corrected chi connectivity index (χ1v) is 9.07. The van der Waals surface area contributed by atoms with Gasteiger partial charge in [0, 0.05) is 37.9 Å². The zero-order chi connectivity index (χ0) is 19.4. The number of halogens is 1. The number of rotatable bonds is 5. The number of piperazine rings is 1. The van der Waals surface area contributed by atoms with E-state index in [0.29, 0.717) is 48.1 Å². The van der Waals surface area contributed by atoms with E-state index < -0.39 is 0 Å². The zero-order valence-corrected chi connectivity index (χ0v) is 15.8. The zero-order valence-electron chi connectivity index (χ0n) is 15.0. The first-order chi connectivity index (χ1) is 12.9. The molecule has 0 bridgehead atoms. The summed E-state index contributed by atoms with van der Waals surface area (Å²) in [5.41, 5.74) is 1.49. The number of ketones is 1. The maximum atomic E-state index is 12.5. The Morgan fingerprint density at radius 3 is 2.48 bits per heavy atom. The molecule has 142 valence electrons. The van der Waals surface area contributed by atoms with Crippen molar-refractivity contribution in [1.82, 2.24) is 14.8 Å². The van der Waals surface area contributed by atoms with Gasteiger partial charge in [-0.2, -0.15) is 0 Å². The maximum Gasteiger partial charge on any atom is 0.270 e. The van der Waals surface area contributed by atoms with Gasteiger partial charge in [0.05, 0.1) is 17.3 Å². The largest absolute Gasteiger partial charge is 0.356 e. The second kappa shape index (κ2) is 8.37. The van der Waals surface area contributed by atoms with Gasteiger partial charge < -0.3 is 15.2 Å². The standard InChI is InChI=1S/C19H21ClN4O3/c1-13(25)14-10-17(21-11-14)19(27)24-8-6-23(7-9-24)12-18(26)22-16-5-3-2-4-15(16)20/h2-5,10-11,21H,6-9,12H2,1H3,(H,22,26). The number of nitrogens with one attached hydrogen (secondary N) is 2. The molecule has 1 saturated heterocycles. The highest BCUT2D eigenvalue weighted by atomic mass is 35.5. The molecular weight excluding hydrogens is 368 g/mol. The van der Waals surface area contributed by atoms with Crippen LogP contribution in [0.4, 0.5) is 5.69 Å². The monoisotopic (exact) mass is 388 g/mol. The van der Waals surface area contributed by atoms with Gasteiger partial charge >= 0.3 is 0 Å². The molecule has 7 nitrogen and oxygen atoms in total. The van der Waals surface area contributed by atoms with E-state index >= 15 is 0 Å². The Balaban J connectivity index is 1.49. The predicted octanol–water partition coefficient (Wildman–Crippen LogP) is 2.27. The third kappa shape index (κ3) is 4.75. The molecule has 2 N–H and O–H groups in total. The number of aromatic amines is 1. The number of H-pyrrole nitrogens is 1. The van der Waals surface area contributed by atoms with Gasteiger partial charge in [-0.15, -0.1) is 0 Å². The number of hydrogen-bond acceptors (Lipinski definition) is 4. The van der Waals surface area contributed by atoms with Crippen molar-refractivity contribution < 1.29 is 14.4 Å². The molecule has 2 heterocycles. The van der Waals surface area contributed by atoms with Crippen molar-refractivity contribution >= 4 is 34.9 Å². The van der Waals surface area contributed by atoms with Crippen LogP contribution in [0.5, 0.6) is 0 Å². The lowest BCUT2D eigenvalue weighted by Crippen LogP contribution is -2.50. The number of hydrogen-bond donors (Lipinski definition) is 2. The maximum absolute atomic E-state index is 12.5. The molecule has 3 rings (SSSR count). The highest BCUT2D eigenvalue weighted by molar-refractivity contribution is 6.33. The van der Waals surface area contributed by atoms with Crippen LogP contribution in [0.15, 0.2) is 36.5 Å². The van der Waals surface area contributed by atoms with E-state index in [1.54, 1.807) is 35.4 Å². The van der Waals surface area contributed by atoms with Gasteiger partial charge in [-0.25, -0.2) is 0 Å². The minimum atomic E-state index is -0.140. The smallest absolute Gasteiger partial charge is 0.270 e. The topological polar surface area (TPSA) is 85.5 Å². The van der Waals surface area contributed by atoms with Crippen LogP contribution in [0.1, 0.15) is 27.8 Å². The molecule has 2 aromatic rings. The summed E-state index contributed by atoms with van der Waals surface area (Å²) in [4.78, 5) is 42.6. The number of carbonyl (C=O) groups excluding carboxylic acids is 3. The lowest BCUT2D eigenvalue weighted by atomic mass is 10.2. The summed E-state index contributed by atoms with van der Waals surface area (Å²) in [6.45, 7) is 3.94. The number of Topliss-reactive ketones (excluding diaryl/α,β-unsaturated/α-hetero) is 1. The van der Waals surface area contributed by atoms with Crippen LogP contribution < -0.4 is 5.32 Å². The van der Waals surface area contributed by atoms with Crippen LogP contribution in [-0.4, -0.2) is 65.1 Å². The molecule has 1 aliphatic rings. The summed E-state index contributed by atoms with van der Waals surface area (Å²) in [6, 6.07) is 8.66. The molecule has 1 aliphatic heterocycles. The average Bonchev–Trinajstić information content (AvgIpc) is 3.14. The fourth-order valence-electron chi connectivity index (χ4n) is 2.96. The molecule has 0 saturated carbocycles. The Morgan fingerprint density at radius 2 is 1.85 bits per heavy atom. The van der Waals surface area contributed by atoms with Crippen LogP contribution in [0.3, 0.4) is 0 Å². The van der Waals surface area contributed by atoms with E-state index in [0.717, 1.165) is 0 Å². The Hall–Kier alpha value is -2.64. The van der Waals surface area contributed by atoms with Gasteiger partial charge in [0.2, 0.25) is 5.91 Å². The fraction of sp³-hybridized carbons (Fsp3) is 0.316. The lowest BCUT2D eigenvalue weighted by molar-refractivity contribution is -0.117. The Bertz CT molecular complexity index is 856. The van der Waals surface area contributed by atoms with Gasteiger partial charge in [0.1, 0.15) is 5.69 Å². The van der Waals surface area contributed by atoms with Crippen molar-refractivity contribution in [3.8, 4) is 0 Å². The summed E-state index contributed by atoms with van der Waals surface area (Å²) < 4.78 is 0. The van der Waals surface area contributed by atoms with Gasteiger partial charge in [-0.05, 0) is 25.1 Å². The summed E-state index contributed by atoms with van der Waals surface area (Å²) in [6.07, 6.45) is 1.55. The molecule has 2 amide bonds. The van der Waals surface area contributed by atoms with Gasteiger partial charge in [-0.1, -0.05) is 23.7 Å². The van der Waals surface area contributed by atoms with E-state index in [1.807, 2.05) is 11.0 Å². The minimum absolute atomic E-state index is 0.0837. The molecule has 8 heteroatoms. The average molecular weight is 389 g/mol. The van der Waals surface area contributed by atoms with Crippen molar-refractivity contribution in [2.24, 2.45) is 0 Å². The van der Waals surface area contributed by atoms with E-state index in [9.17, 15) is 14.4 Å². The fourth-order valence-corrected chi connectivity index (χ4v) is 3.14. The van der Waals surface area contributed by atoms with Crippen LogP contribution in [-0.2, 0) is 4.79 Å². The van der Waals surface area contributed by atoms with Gasteiger partial charge in [0.15, 0.2) is 5.78 Å². The highest BCUT2D eigenvalue weighted by Gasteiger charge is 2.24. The quantitative estimate of drug-likeness (QED) is 0.769. The van der Waals surface area contributed by atoms with Crippen molar-refractivity contribution in [2.45, 2.75) is 6.92 Å². The molecule has 0 aliphatic carbocycles. The molecule has 1 aromatic carbocycles. The van der Waals surface area contributed by atoms with Crippen molar-refractivity contribution in [2.75, 3.05) is 38.0 Å². The Kier molecular flexibility index (Phi) is 5.93. The third-order valence-corrected chi connectivity index (χ3v) is 4.82.